The molecule has 1 fully saturated rings. The monoisotopic (exact) mass is 384 g/mol. The molecule has 27 heavy (non-hydrogen) atoms. The third-order valence-corrected chi connectivity index (χ3v) is 5.55. The van der Waals surface area contributed by atoms with Gasteiger partial charge >= 0.3 is 5.91 Å². The Morgan fingerprint density at radius 3 is 2.74 bits per heavy atom. The summed E-state index contributed by atoms with van der Waals surface area (Å²) in [4.78, 5) is 43.7. The molecule has 4 rings (SSSR count). The lowest BCUT2D eigenvalue weighted by Crippen LogP contribution is -2.24. The van der Waals surface area contributed by atoms with E-state index in [9.17, 15) is 14.5 Å². The molecule has 1 N–H and O–H groups in total. The minimum atomic E-state index is -0.983. The van der Waals surface area contributed by atoms with Crippen LogP contribution in [0.15, 0.2) is 29.6 Å². The number of thiazole rings is 1. The van der Waals surface area contributed by atoms with E-state index >= 15 is 0 Å². The van der Waals surface area contributed by atoms with Crippen molar-refractivity contribution < 1.29 is 9.59 Å². The average Bonchev–Trinajstić information content (AvgIpc) is 3.27. The maximum Gasteiger partial charge on any atom is 0.338 e. The van der Waals surface area contributed by atoms with Crippen molar-refractivity contribution in [2.75, 3.05) is 5.32 Å². The Bertz CT molecular complexity index is 1010. The zero-order valence-electron chi connectivity index (χ0n) is 14.3. The number of anilines is 1. The molecule has 0 unspecified atom stereocenters. The number of nitroso groups, excluding NO2 is 1. The van der Waals surface area contributed by atoms with Crippen molar-refractivity contribution in [3.8, 4) is 5.82 Å². The molecular formula is C17H16N6O3S. The Kier molecular flexibility index (Phi) is 4.71. The van der Waals surface area contributed by atoms with E-state index in [4.69, 9.17) is 0 Å². The predicted molar refractivity (Wildman–Crippen MR) is 99.9 cm³/mol. The summed E-state index contributed by atoms with van der Waals surface area (Å²) in [6, 6.07) is 5.22. The Morgan fingerprint density at radius 2 is 2.04 bits per heavy atom. The van der Waals surface area contributed by atoms with Gasteiger partial charge in [-0.25, -0.2) is 4.98 Å². The second-order valence-electron chi connectivity index (χ2n) is 6.34. The van der Waals surface area contributed by atoms with Crippen LogP contribution in [-0.4, -0.2) is 31.6 Å². The summed E-state index contributed by atoms with van der Waals surface area (Å²) in [6.45, 7) is 0. The van der Waals surface area contributed by atoms with Crippen molar-refractivity contribution >= 4 is 38.6 Å². The fraction of sp³-hybridized carbons (Fsp3) is 0.353. The number of rotatable bonds is 4. The number of aromatic nitrogens is 4. The largest absolute Gasteiger partial charge is 0.338 e. The van der Waals surface area contributed by atoms with Crippen LogP contribution in [0.1, 0.15) is 42.6 Å². The predicted octanol–water partition coefficient (Wildman–Crippen LogP) is 3.30. The maximum atomic E-state index is 12.5. The highest BCUT2D eigenvalue weighted by Crippen LogP contribution is 2.32. The fourth-order valence-electron chi connectivity index (χ4n) is 3.25. The maximum absolute atomic E-state index is 12.5. The first-order chi connectivity index (χ1) is 13.2. The zero-order valence-corrected chi connectivity index (χ0v) is 15.1. The van der Waals surface area contributed by atoms with E-state index in [-0.39, 0.29) is 17.5 Å². The van der Waals surface area contributed by atoms with Gasteiger partial charge in [-0.15, -0.1) is 4.91 Å². The van der Waals surface area contributed by atoms with Gasteiger partial charge in [0.15, 0.2) is 22.3 Å². The van der Waals surface area contributed by atoms with Crippen molar-refractivity contribution in [2.45, 2.75) is 32.1 Å². The first-order valence-electron chi connectivity index (χ1n) is 8.67. The summed E-state index contributed by atoms with van der Waals surface area (Å²) in [7, 11) is 0. The molecular weight excluding hydrogens is 368 g/mol. The van der Waals surface area contributed by atoms with Crippen LogP contribution >= 0.6 is 11.3 Å². The third-order valence-electron chi connectivity index (χ3n) is 4.58. The summed E-state index contributed by atoms with van der Waals surface area (Å²) in [5.74, 6) is -0.618. The highest BCUT2D eigenvalue weighted by atomic mass is 32.1. The molecule has 9 nitrogen and oxygen atoms in total. The molecule has 0 aliphatic heterocycles. The van der Waals surface area contributed by atoms with E-state index in [1.165, 1.54) is 4.68 Å². The van der Waals surface area contributed by atoms with Crippen molar-refractivity contribution in [2.24, 2.45) is 11.1 Å². The summed E-state index contributed by atoms with van der Waals surface area (Å²) in [5, 5.41) is 9.81. The number of carbonyl (C=O) groups is 2. The number of amides is 2. The quantitative estimate of drug-likeness (QED) is 0.689. The first-order valence-corrected chi connectivity index (χ1v) is 9.48. The molecule has 138 valence electrons. The van der Waals surface area contributed by atoms with Crippen molar-refractivity contribution in [1.29, 1.82) is 0 Å². The van der Waals surface area contributed by atoms with Crippen molar-refractivity contribution in [3.63, 3.8) is 0 Å². The molecule has 2 amide bonds. The standard InChI is InChI=1S/C17H16N6O3S/c24-15(10-6-2-1-3-7-10)20-17-19-14-13(27-17)12(16(25)22-26)21-23(14)11-8-4-5-9-18-11/h4-5,8-10H,1-3,6-7H2,(H,19,20,24). The Labute approximate surface area is 157 Å². The van der Waals surface area contributed by atoms with Gasteiger partial charge in [0, 0.05) is 17.3 Å². The third kappa shape index (κ3) is 3.35. The minimum Gasteiger partial charge on any atom is -0.302 e. The first kappa shape index (κ1) is 17.4. The summed E-state index contributed by atoms with van der Waals surface area (Å²) in [5.41, 5.74) is 0.256. The van der Waals surface area contributed by atoms with Crippen LogP contribution in [0, 0.1) is 10.8 Å². The number of fused-ring (bicyclic) bond motifs is 1. The van der Waals surface area contributed by atoms with Crippen LogP contribution in [0.3, 0.4) is 0 Å². The smallest absolute Gasteiger partial charge is 0.302 e. The van der Waals surface area contributed by atoms with E-state index in [2.05, 4.69) is 25.6 Å². The molecule has 10 heteroatoms. The van der Waals surface area contributed by atoms with Gasteiger partial charge in [0.25, 0.3) is 0 Å². The number of pyridine rings is 1. The topological polar surface area (TPSA) is 119 Å². The summed E-state index contributed by atoms with van der Waals surface area (Å²) >= 11 is 1.10. The minimum absolute atomic E-state index is 0.0178. The van der Waals surface area contributed by atoms with Gasteiger partial charge in [0.05, 0.1) is 0 Å². The summed E-state index contributed by atoms with van der Waals surface area (Å²) in [6.07, 6.45) is 6.59. The van der Waals surface area contributed by atoms with Crippen LogP contribution < -0.4 is 5.32 Å². The number of hydrogen-bond acceptors (Lipinski definition) is 7. The van der Waals surface area contributed by atoms with Gasteiger partial charge < -0.3 is 5.32 Å². The Hall–Kier alpha value is -3.01. The highest BCUT2D eigenvalue weighted by molar-refractivity contribution is 7.22. The number of nitrogens with one attached hydrogen (secondary N) is 1. The van der Waals surface area contributed by atoms with Gasteiger partial charge in [-0.1, -0.05) is 36.7 Å². The highest BCUT2D eigenvalue weighted by Gasteiger charge is 2.26. The van der Waals surface area contributed by atoms with E-state index in [0.717, 1.165) is 43.4 Å². The van der Waals surface area contributed by atoms with Gasteiger partial charge in [-0.3, -0.25) is 9.59 Å². The van der Waals surface area contributed by atoms with Crippen LogP contribution in [0.4, 0.5) is 5.13 Å². The molecule has 0 atom stereocenters. The van der Waals surface area contributed by atoms with Crippen molar-refractivity contribution in [3.05, 3.63) is 35.0 Å². The molecule has 0 aromatic carbocycles. The molecule has 1 aliphatic carbocycles. The fourth-order valence-corrected chi connectivity index (χ4v) is 4.18. The van der Waals surface area contributed by atoms with E-state index in [1.807, 2.05) is 0 Å². The van der Waals surface area contributed by atoms with E-state index < -0.39 is 5.91 Å². The van der Waals surface area contributed by atoms with Crippen LogP contribution in [0.25, 0.3) is 16.2 Å². The van der Waals surface area contributed by atoms with E-state index in [0.29, 0.717) is 21.3 Å². The van der Waals surface area contributed by atoms with Crippen molar-refractivity contribution in [1.82, 2.24) is 19.7 Å². The van der Waals surface area contributed by atoms with Gasteiger partial charge in [-0.05, 0) is 25.0 Å². The molecule has 3 aromatic heterocycles. The average molecular weight is 384 g/mol. The Balaban J connectivity index is 1.71. The number of carbonyl (C=O) groups excluding carboxylic acids is 2. The molecule has 1 aliphatic rings. The lowest BCUT2D eigenvalue weighted by Gasteiger charge is -2.19. The summed E-state index contributed by atoms with van der Waals surface area (Å²) < 4.78 is 1.77. The van der Waals surface area contributed by atoms with Crippen LogP contribution in [-0.2, 0) is 4.79 Å². The zero-order chi connectivity index (χ0) is 18.8. The molecule has 3 heterocycles. The molecule has 0 radical (unpaired) electrons. The van der Waals surface area contributed by atoms with Gasteiger partial charge in [0.1, 0.15) is 4.70 Å². The van der Waals surface area contributed by atoms with Gasteiger partial charge in [-0.2, -0.15) is 14.8 Å². The lowest BCUT2D eigenvalue weighted by atomic mass is 9.89. The lowest BCUT2D eigenvalue weighted by molar-refractivity contribution is -0.120. The Morgan fingerprint density at radius 1 is 1.22 bits per heavy atom. The number of hydrogen-bond donors (Lipinski definition) is 1. The van der Waals surface area contributed by atoms with Gasteiger partial charge in [0.2, 0.25) is 5.91 Å². The number of nitrogens with zero attached hydrogens (tertiary/aromatic N) is 5. The van der Waals surface area contributed by atoms with Crippen LogP contribution in [0.2, 0.25) is 0 Å². The molecule has 0 bridgehead atoms. The molecule has 0 saturated heterocycles. The second kappa shape index (κ2) is 7.31. The van der Waals surface area contributed by atoms with Crippen LogP contribution in [0.5, 0.6) is 0 Å². The molecule has 3 aromatic rings. The normalized spacial score (nSPS) is 15.0. The van der Waals surface area contributed by atoms with E-state index in [1.54, 1.807) is 24.4 Å². The molecule has 1 saturated carbocycles. The SMILES string of the molecule is O=NC(=O)c1nn(-c2ccccn2)c2nc(NC(=O)C3CCCCC3)sc12. The molecule has 0 spiro atoms. The second-order valence-corrected chi connectivity index (χ2v) is 7.34.